The molecule has 6 nitrogen and oxygen atoms in total. The van der Waals surface area contributed by atoms with E-state index in [1.807, 2.05) is 0 Å². The second kappa shape index (κ2) is 4.98. The Balaban J connectivity index is 1.87. The van der Waals surface area contributed by atoms with Crippen LogP contribution in [0.3, 0.4) is 0 Å². The van der Waals surface area contributed by atoms with Crippen molar-refractivity contribution < 1.29 is 16.8 Å². The van der Waals surface area contributed by atoms with Crippen LogP contribution in [-0.2, 0) is 19.9 Å². The molecule has 0 aromatic carbocycles. The Morgan fingerprint density at radius 2 is 1.47 bits per heavy atom. The molecule has 1 heterocycles. The zero-order chi connectivity index (χ0) is 14.3. The van der Waals surface area contributed by atoms with Crippen molar-refractivity contribution in [2.24, 2.45) is 5.41 Å². The largest absolute Gasteiger partial charge is 0.300 e. The summed E-state index contributed by atoms with van der Waals surface area (Å²) in [7, 11) is -6.03. The molecular weight excluding hydrogens is 288 g/mol. The van der Waals surface area contributed by atoms with Crippen molar-refractivity contribution in [1.29, 1.82) is 0 Å². The van der Waals surface area contributed by atoms with Crippen LogP contribution in [0.25, 0.3) is 0 Å². The molecule has 0 atom stereocenters. The van der Waals surface area contributed by atoms with E-state index in [0.29, 0.717) is 26.2 Å². The van der Waals surface area contributed by atoms with Crippen LogP contribution in [0.4, 0.5) is 0 Å². The molecule has 0 radical (unpaired) electrons. The van der Waals surface area contributed by atoms with E-state index in [4.69, 9.17) is 0 Å². The Bertz CT molecular complexity index is 529. The average Bonchev–Trinajstić information content (AvgIpc) is 2.94. The first-order chi connectivity index (χ1) is 8.60. The van der Waals surface area contributed by atoms with Crippen LogP contribution in [-0.4, -0.2) is 77.0 Å². The zero-order valence-corrected chi connectivity index (χ0v) is 13.1. The summed E-state index contributed by atoms with van der Waals surface area (Å²) in [6.07, 6.45) is 4.45. The van der Waals surface area contributed by atoms with Gasteiger partial charge in [-0.1, -0.05) is 0 Å². The van der Waals surface area contributed by atoms with Crippen molar-refractivity contribution in [2.75, 3.05) is 51.0 Å². The van der Waals surface area contributed by atoms with E-state index in [0.717, 1.165) is 19.4 Å². The monoisotopic (exact) mass is 310 g/mol. The van der Waals surface area contributed by atoms with E-state index in [9.17, 15) is 16.8 Å². The molecule has 0 spiro atoms. The van der Waals surface area contributed by atoms with Gasteiger partial charge >= 0.3 is 0 Å². The molecule has 0 unspecified atom stereocenters. The zero-order valence-electron chi connectivity index (χ0n) is 11.5. The highest BCUT2D eigenvalue weighted by molar-refractivity contribution is 7.90. The van der Waals surface area contributed by atoms with Crippen LogP contribution >= 0.6 is 0 Å². The Labute approximate surface area is 115 Å². The normalized spacial score (nSPS) is 25.4. The van der Waals surface area contributed by atoms with Crippen molar-refractivity contribution >= 4 is 19.9 Å². The number of piperazine rings is 1. The highest BCUT2D eigenvalue weighted by Crippen LogP contribution is 2.47. The van der Waals surface area contributed by atoms with Crippen LogP contribution in [0.2, 0.25) is 0 Å². The fraction of sp³-hybridized carbons (Fsp3) is 1.00. The van der Waals surface area contributed by atoms with Gasteiger partial charge < -0.3 is 4.90 Å². The van der Waals surface area contributed by atoms with Gasteiger partial charge in [0.05, 0.1) is 12.0 Å². The maximum atomic E-state index is 11.4. The van der Waals surface area contributed by atoms with Crippen LogP contribution in [0.15, 0.2) is 0 Å². The maximum Gasteiger partial charge on any atom is 0.211 e. The SMILES string of the molecule is CS(=O)(=O)CC1(CN2CCN(S(C)(=O)=O)CC2)CC1. The lowest BCUT2D eigenvalue weighted by molar-refractivity contribution is 0.163. The van der Waals surface area contributed by atoms with Gasteiger partial charge in [-0.05, 0) is 18.3 Å². The van der Waals surface area contributed by atoms with Gasteiger partial charge in [0.2, 0.25) is 10.0 Å². The Hall–Kier alpha value is -0.180. The minimum Gasteiger partial charge on any atom is -0.300 e. The highest BCUT2D eigenvalue weighted by atomic mass is 32.2. The number of sulfonamides is 1. The quantitative estimate of drug-likeness (QED) is 0.677. The highest BCUT2D eigenvalue weighted by Gasteiger charge is 2.46. The summed E-state index contributed by atoms with van der Waals surface area (Å²) in [5, 5.41) is 0. The average molecular weight is 310 g/mol. The van der Waals surface area contributed by atoms with Crippen molar-refractivity contribution in [1.82, 2.24) is 9.21 Å². The van der Waals surface area contributed by atoms with E-state index >= 15 is 0 Å². The summed E-state index contributed by atoms with van der Waals surface area (Å²) in [4.78, 5) is 2.19. The molecule has 112 valence electrons. The summed E-state index contributed by atoms with van der Waals surface area (Å²) in [5.74, 6) is 0.256. The summed E-state index contributed by atoms with van der Waals surface area (Å²) in [5.41, 5.74) is -0.0686. The molecule has 2 rings (SSSR count). The smallest absolute Gasteiger partial charge is 0.211 e. The Morgan fingerprint density at radius 1 is 0.947 bits per heavy atom. The summed E-state index contributed by atoms with van der Waals surface area (Å²) in [6.45, 7) is 3.18. The molecule has 1 saturated heterocycles. The third-order valence-electron chi connectivity index (χ3n) is 3.88. The maximum absolute atomic E-state index is 11.4. The Morgan fingerprint density at radius 3 is 1.84 bits per heavy atom. The van der Waals surface area contributed by atoms with Crippen LogP contribution in [0.5, 0.6) is 0 Å². The van der Waals surface area contributed by atoms with Crippen molar-refractivity contribution in [2.45, 2.75) is 12.8 Å². The topological polar surface area (TPSA) is 74.8 Å². The van der Waals surface area contributed by atoms with Gasteiger partial charge in [-0.15, -0.1) is 0 Å². The predicted octanol–water partition coefficient (Wildman–Crippen LogP) is -0.612. The first kappa shape index (κ1) is 15.2. The van der Waals surface area contributed by atoms with E-state index < -0.39 is 19.9 Å². The third-order valence-corrected chi connectivity index (χ3v) is 6.32. The molecule has 0 N–H and O–H groups in total. The van der Waals surface area contributed by atoms with Crippen LogP contribution in [0.1, 0.15) is 12.8 Å². The molecule has 0 bridgehead atoms. The molecule has 19 heavy (non-hydrogen) atoms. The van der Waals surface area contributed by atoms with Crippen LogP contribution in [0, 0.1) is 5.41 Å². The molecule has 0 aromatic rings. The molecule has 1 aliphatic carbocycles. The number of rotatable bonds is 5. The molecule has 1 aliphatic heterocycles. The minimum atomic E-state index is -3.10. The van der Waals surface area contributed by atoms with Crippen molar-refractivity contribution in [3.8, 4) is 0 Å². The lowest BCUT2D eigenvalue weighted by Crippen LogP contribution is -2.50. The molecule has 0 aromatic heterocycles. The second-order valence-electron chi connectivity index (χ2n) is 6.01. The lowest BCUT2D eigenvalue weighted by Gasteiger charge is -2.35. The fourth-order valence-corrected chi connectivity index (χ4v) is 5.09. The molecular formula is C11H22N2O4S2. The molecule has 2 aliphatic rings. The van der Waals surface area contributed by atoms with Crippen molar-refractivity contribution in [3.05, 3.63) is 0 Å². The van der Waals surface area contributed by atoms with Gasteiger partial charge in [0.15, 0.2) is 0 Å². The third kappa shape index (κ3) is 4.40. The molecule has 8 heteroatoms. The number of nitrogens with zero attached hydrogens (tertiary/aromatic N) is 2. The van der Waals surface area contributed by atoms with Crippen LogP contribution < -0.4 is 0 Å². The minimum absolute atomic E-state index is 0.0686. The van der Waals surface area contributed by atoms with E-state index in [2.05, 4.69) is 4.90 Å². The Kier molecular flexibility index (Phi) is 3.99. The summed E-state index contributed by atoms with van der Waals surface area (Å²) < 4.78 is 47.1. The van der Waals surface area contributed by atoms with E-state index in [-0.39, 0.29) is 11.2 Å². The standard InChI is InChI=1S/C11H22N2O4S2/c1-18(14,15)10-11(3-4-11)9-12-5-7-13(8-6-12)19(2,16)17/h3-10H2,1-2H3. The summed E-state index contributed by atoms with van der Waals surface area (Å²) >= 11 is 0. The van der Waals surface area contributed by atoms with Gasteiger partial charge in [-0.2, -0.15) is 4.31 Å². The molecule has 0 amide bonds. The van der Waals surface area contributed by atoms with Gasteiger partial charge in [0.25, 0.3) is 0 Å². The molecule has 2 fully saturated rings. The van der Waals surface area contributed by atoms with E-state index in [1.165, 1.54) is 16.8 Å². The van der Waals surface area contributed by atoms with Crippen molar-refractivity contribution in [3.63, 3.8) is 0 Å². The first-order valence-electron chi connectivity index (χ1n) is 6.45. The lowest BCUT2D eigenvalue weighted by atomic mass is 10.1. The van der Waals surface area contributed by atoms with E-state index in [1.54, 1.807) is 0 Å². The first-order valence-corrected chi connectivity index (χ1v) is 10.4. The summed E-state index contributed by atoms with van der Waals surface area (Å²) in [6, 6.07) is 0. The van der Waals surface area contributed by atoms with Gasteiger partial charge in [-0.25, -0.2) is 16.8 Å². The number of sulfone groups is 1. The molecule has 1 saturated carbocycles. The number of hydrogen-bond donors (Lipinski definition) is 0. The van der Waals surface area contributed by atoms with Gasteiger partial charge in [0, 0.05) is 39.0 Å². The second-order valence-corrected chi connectivity index (χ2v) is 10.1. The van der Waals surface area contributed by atoms with Gasteiger partial charge in [0.1, 0.15) is 9.84 Å². The van der Waals surface area contributed by atoms with Gasteiger partial charge in [-0.3, -0.25) is 0 Å². The predicted molar refractivity (Wildman–Crippen MR) is 74.2 cm³/mol. The fourth-order valence-electron chi connectivity index (χ4n) is 2.77. The number of hydrogen-bond acceptors (Lipinski definition) is 5.